The first-order chi connectivity index (χ1) is 6.60. The molecule has 1 aromatic carbocycles. The van der Waals surface area contributed by atoms with Crippen LogP contribution >= 0.6 is 11.6 Å². The van der Waals surface area contributed by atoms with Crippen LogP contribution in [0.1, 0.15) is 31.8 Å². The van der Waals surface area contributed by atoms with Gasteiger partial charge < -0.3 is 0 Å². The van der Waals surface area contributed by atoms with E-state index in [2.05, 4.69) is 0 Å². The molecule has 1 aromatic rings. The third kappa shape index (κ3) is 1.81. The molecule has 0 bridgehead atoms. The van der Waals surface area contributed by atoms with E-state index in [-0.39, 0.29) is 16.7 Å². The van der Waals surface area contributed by atoms with Crippen molar-refractivity contribution >= 4 is 23.1 Å². The second-order valence-corrected chi connectivity index (χ2v) is 3.10. The molecule has 0 atom stereocenters. The Hall–Kier alpha value is -1.66. The minimum Gasteiger partial charge on any atom is -0.298 e. The molecule has 0 heterocycles. The van der Waals surface area contributed by atoms with Gasteiger partial charge in [0.05, 0.1) is 11.6 Å². The summed E-state index contributed by atoms with van der Waals surface area (Å²) >= 11 is 5.30. The molecule has 0 aromatic heterocycles. The van der Waals surface area contributed by atoms with Crippen molar-refractivity contribution in [1.29, 1.82) is 5.26 Å². The van der Waals surface area contributed by atoms with E-state index in [1.807, 2.05) is 6.07 Å². The zero-order valence-electron chi connectivity index (χ0n) is 7.37. The average Bonchev–Trinajstić information content (AvgIpc) is 2.16. The van der Waals surface area contributed by atoms with E-state index < -0.39 is 5.24 Å². The fraction of sp³-hybridized carbons (Fsp3) is 0.100. The Bertz CT molecular complexity index is 445. The van der Waals surface area contributed by atoms with Crippen molar-refractivity contribution in [3.8, 4) is 6.07 Å². The molecule has 0 unspecified atom stereocenters. The van der Waals surface area contributed by atoms with Crippen LogP contribution in [0.25, 0.3) is 0 Å². The van der Waals surface area contributed by atoms with Crippen molar-refractivity contribution in [2.24, 2.45) is 0 Å². The van der Waals surface area contributed by atoms with Crippen LogP contribution in [-0.2, 0) is 0 Å². The van der Waals surface area contributed by atoms with Crippen LogP contribution in [0, 0.1) is 18.3 Å². The number of rotatable bonds is 2. The van der Waals surface area contributed by atoms with Crippen molar-refractivity contribution in [3.05, 3.63) is 34.4 Å². The number of nitriles is 1. The van der Waals surface area contributed by atoms with Gasteiger partial charge >= 0.3 is 0 Å². The van der Waals surface area contributed by atoms with Crippen LogP contribution < -0.4 is 0 Å². The quantitative estimate of drug-likeness (QED) is 0.551. The molecule has 1 rings (SSSR count). The Balaban J connectivity index is 3.47. The fourth-order valence-electron chi connectivity index (χ4n) is 1.13. The normalized spacial score (nSPS) is 9.21. The molecule has 70 valence electrons. The zero-order chi connectivity index (χ0) is 10.7. The van der Waals surface area contributed by atoms with Gasteiger partial charge in [0.25, 0.3) is 5.24 Å². The molecule has 3 nitrogen and oxygen atoms in total. The molecular formula is C10H6ClNO2. The van der Waals surface area contributed by atoms with Crippen LogP contribution in [0.2, 0.25) is 0 Å². The van der Waals surface area contributed by atoms with Crippen molar-refractivity contribution in [2.75, 3.05) is 0 Å². The SMILES string of the molecule is Cc1cc(C#N)c(C=O)cc1C(=O)Cl. The van der Waals surface area contributed by atoms with Crippen LogP contribution in [0.5, 0.6) is 0 Å². The lowest BCUT2D eigenvalue weighted by atomic mass is 10.0. The smallest absolute Gasteiger partial charge is 0.252 e. The average molecular weight is 208 g/mol. The lowest BCUT2D eigenvalue weighted by Crippen LogP contribution is -1.98. The highest BCUT2D eigenvalue weighted by Crippen LogP contribution is 2.16. The van der Waals surface area contributed by atoms with E-state index in [4.69, 9.17) is 16.9 Å². The fourth-order valence-corrected chi connectivity index (χ4v) is 1.33. The van der Waals surface area contributed by atoms with Crippen LogP contribution in [0.4, 0.5) is 0 Å². The summed E-state index contributed by atoms with van der Waals surface area (Å²) in [6.07, 6.45) is 0.529. The Morgan fingerprint density at radius 2 is 2.21 bits per heavy atom. The summed E-state index contributed by atoms with van der Waals surface area (Å²) in [5.74, 6) is 0. The summed E-state index contributed by atoms with van der Waals surface area (Å²) < 4.78 is 0. The predicted molar refractivity (Wildman–Crippen MR) is 51.5 cm³/mol. The lowest BCUT2D eigenvalue weighted by molar-refractivity contribution is 0.108. The topological polar surface area (TPSA) is 57.9 Å². The van der Waals surface area contributed by atoms with E-state index in [1.54, 1.807) is 6.92 Å². The van der Waals surface area contributed by atoms with Gasteiger partial charge in [0.2, 0.25) is 0 Å². The highest BCUT2D eigenvalue weighted by atomic mass is 35.5. The molecule has 0 radical (unpaired) electrons. The van der Waals surface area contributed by atoms with Gasteiger partial charge in [-0.1, -0.05) is 0 Å². The van der Waals surface area contributed by atoms with Crippen molar-refractivity contribution in [1.82, 2.24) is 0 Å². The van der Waals surface area contributed by atoms with Crippen LogP contribution in [0.15, 0.2) is 12.1 Å². The molecule has 0 aliphatic heterocycles. The van der Waals surface area contributed by atoms with Gasteiger partial charge in [0.1, 0.15) is 0 Å². The van der Waals surface area contributed by atoms with Gasteiger partial charge in [0, 0.05) is 11.1 Å². The number of aldehydes is 1. The largest absolute Gasteiger partial charge is 0.298 e. The minimum atomic E-state index is -0.630. The highest BCUT2D eigenvalue weighted by Gasteiger charge is 2.10. The van der Waals surface area contributed by atoms with Crippen LogP contribution in [-0.4, -0.2) is 11.5 Å². The van der Waals surface area contributed by atoms with Crippen LogP contribution in [0.3, 0.4) is 0 Å². The van der Waals surface area contributed by atoms with E-state index in [9.17, 15) is 9.59 Å². The highest BCUT2D eigenvalue weighted by molar-refractivity contribution is 6.68. The predicted octanol–water partition coefficient (Wildman–Crippen LogP) is 2.06. The molecule has 0 amide bonds. The summed E-state index contributed by atoms with van der Waals surface area (Å²) in [6, 6.07) is 4.67. The van der Waals surface area contributed by atoms with Crippen molar-refractivity contribution < 1.29 is 9.59 Å². The summed E-state index contributed by atoms with van der Waals surface area (Å²) in [5, 5.41) is 8.05. The van der Waals surface area contributed by atoms with Gasteiger partial charge in [-0.25, -0.2) is 0 Å². The second-order valence-electron chi connectivity index (χ2n) is 2.76. The molecule has 0 spiro atoms. The summed E-state index contributed by atoms with van der Waals surface area (Å²) in [6.45, 7) is 1.66. The first-order valence-corrected chi connectivity index (χ1v) is 4.17. The Morgan fingerprint density at radius 3 is 2.64 bits per heavy atom. The first-order valence-electron chi connectivity index (χ1n) is 3.80. The Morgan fingerprint density at radius 1 is 1.57 bits per heavy atom. The van der Waals surface area contributed by atoms with E-state index in [0.717, 1.165) is 0 Å². The standard InChI is InChI=1S/C10H6ClNO2/c1-6-2-7(4-12)8(5-13)3-9(6)10(11)14/h2-3,5H,1H3. The summed E-state index contributed by atoms with van der Waals surface area (Å²) in [5.41, 5.74) is 1.28. The maximum atomic E-state index is 10.9. The van der Waals surface area contributed by atoms with E-state index in [1.165, 1.54) is 12.1 Å². The third-order valence-electron chi connectivity index (χ3n) is 1.86. The third-order valence-corrected chi connectivity index (χ3v) is 2.06. The number of hydrogen-bond donors (Lipinski definition) is 0. The van der Waals surface area contributed by atoms with Crippen molar-refractivity contribution in [3.63, 3.8) is 0 Å². The lowest BCUT2D eigenvalue weighted by Gasteiger charge is -2.02. The second kappa shape index (κ2) is 4.03. The van der Waals surface area contributed by atoms with Gasteiger partial charge in [0.15, 0.2) is 6.29 Å². The summed E-state index contributed by atoms with van der Waals surface area (Å²) in [7, 11) is 0. The molecule has 0 aliphatic carbocycles. The number of aryl methyl sites for hydroxylation is 1. The molecule has 0 aliphatic rings. The van der Waals surface area contributed by atoms with Crippen molar-refractivity contribution in [2.45, 2.75) is 6.92 Å². The molecule has 0 saturated heterocycles. The first kappa shape index (κ1) is 10.4. The molecular weight excluding hydrogens is 202 g/mol. The zero-order valence-corrected chi connectivity index (χ0v) is 8.13. The summed E-state index contributed by atoms with van der Waals surface area (Å²) in [4.78, 5) is 21.5. The number of hydrogen-bond acceptors (Lipinski definition) is 3. The monoisotopic (exact) mass is 207 g/mol. The number of halogens is 1. The Kier molecular flexibility index (Phi) is 3.00. The number of nitrogens with zero attached hydrogens (tertiary/aromatic N) is 1. The maximum Gasteiger partial charge on any atom is 0.252 e. The van der Waals surface area contributed by atoms with E-state index in [0.29, 0.717) is 11.8 Å². The number of carbonyl (C=O) groups is 2. The maximum absolute atomic E-state index is 10.9. The van der Waals surface area contributed by atoms with Gasteiger partial charge in [-0.15, -0.1) is 0 Å². The molecule has 14 heavy (non-hydrogen) atoms. The van der Waals surface area contributed by atoms with Gasteiger partial charge in [-0.05, 0) is 36.2 Å². The number of carbonyl (C=O) groups excluding carboxylic acids is 2. The molecule has 0 fully saturated rings. The van der Waals surface area contributed by atoms with Gasteiger partial charge in [-0.3, -0.25) is 9.59 Å². The minimum absolute atomic E-state index is 0.183. The van der Waals surface area contributed by atoms with Gasteiger partial charge in [-0.2, -0.15) is 5.26 Å². The molecule has 0 saturated carbocycles. The Labute approximate surface area is 85.9 Å². The number of benzene rings is 1. The molecule has 4 heteroatoms. The molecule has 0 N–H and O–H groups in total. The van der Waals surface area contributed by atoms with E-state index >= 15 is 0 Å².